The Labute approximate surface area is 104 Å². The van der Waals surface area contributed by atoms with Crippen molar-refractivity contribution in [1.29, 1.82) is 0 Å². The van der Waals surface area contributed by atoms with E-state index in [0.29, 0.717) is 32.9 Å². The van der Waals surface area contributed by atoms with E-state index in [0.717, 1.165) is 12.8 Å². The smallest absolute Gasteiger partial charge is 0.154 e. The zero-order valence-corrected chi connectivity index (χ0v) is 11.3. The van der Waals surface area contributed by atoms with Crippen LogP contribution in [0, 0.1) is 0 Å². The maximum Gasteiger partial charge on any atom is 0.154 e. The summed E-state index contributed by atoms with van der Waals surface area (Å²) < 4.78 is 33.9. The Morgan fingerprint density at radius 1 is 1.41 bits per heavy atom. The topological polar surface area (TPSA) is 64.6 Å². The second-order valence-electron chi connectivity index (χ2n) is 4.20. The molecule has 5 nitrogen and oxygen atoms in total. The molecule has 0 bridgehead atoms. The van der Waals surface area contributed by atoms with Crippen LogP contribution in [-0.4, -0.2) is 58.9 Å². The van der Waals surface area contributed by atoms with Crippen LogP contribution in [0.1, 0.15) is 19.8 Å². The minimum absolute atomic E-state index is 0.0802. The van der Waals surface area contributed by atoms with Crippen LogP contribution in [0.4, 0.5) is 0 Å². The average molecular weight is 265 g/mol. The Bertz CT molecular complexity index is 286. The summed E-state index contributed by atoms with van der Waals surface area (Å²) in [5.41, 5.74) is 0. The fourth-order valence-electron chi connectivity index (χ4n) is 1.78. The normalized spacial score (nSPS) is 20.9. The molecule has 1 aliphatic rings. The van der Waals surface area contributed by atoms with Gasteiger partial charge in [-0.1, -0.05) is 0 Å². The first-order chi connectivity index (χ1) is 8.14. The second-order valence-corrected chi connectivity index (χ2v) is 6.43. The number of nitrogens with one attached hydrogen (secondary N) is 1. The molecule has 1 atom stereocenters. The van der Waals surface area contributed by atoms with Crippen molar-refractivity contribution in [2.24, 2.45) is 0 Å². The van der Waals surface area contributed by atoms with Gasteiger partial charge in [-0.2, -0.15) is 0 Å². The monoisotopic (exact) mass is 265 g/mol. The van der Waals surface area contributed by atoms with Gasteiger partial charge in [-0.15, -0.1) is 0 Å². The lowest BCUT2D eigenvalue weighted by atomic mass is 10.3. The predicted molar refractivity (Wildman–Crippen MR) is 67.0 cm³/mol. The quantitative estimate of drug-likeness (QED) is 0.604. The summed E-state index contributed by atoms with van der Waals surface area (Å²) in [4.78, 5) is 0. The van der Waals surface area contributed by atoms with Crippen molar-refractivity contribution >= 4 is 9.84 Å². The Morgan fingerprint density at radius 3 is 2.88 bits per heavy atom. The van der Waals surface area contributed by atoms with Gasteiger partial charge < -0.3 is 14.8 Å². The van der Waals surface area contributed by atoms with Crippen molar-refractivity contribution in [2.75, 3.05) is 44.4 Å². The zero-order valence-electron chi connectivity index (χ0n) is 10.5. The highest BCUT2D eigenvalue weighted by Crippen LogP contribution is 2.13. The summed E-state index contributed by atoms with van der Waals surface area (Å²) in [6.45, 7) is 5.14. The van der Waals surface area contributed by atoms with Crippen LogP contribution in [0.2, 0.25) is 0 Å². The van der Waals surface area contributed by atoms with Crippen molar-refractivity contribution < 1.29 is 17.9 Å². The number of ether oxygens (including phenoxy) is 2. The number of sulfone groups is 1. The molecule has 102 valence electrons. The summed E-state index contributed by atoms with van der Waals surface area (Å²) in [5.74, 6) is 0.346. The van der Waals surface area contributed by atoms with Gasteiger partial charge in [0.25, 0.3) is 0 Å². The fraction of sp³-hybridized carbons (Fsp3) is 1.00. The summed E-state index contributed by atoms with van der Waals surface area (Å²) in [6.07, 6.45) is 1.77. The molecule has 1 aliphatic heterocycles. The van der Waals surface area contributed by atoms with E-state index in [1.54, 1.807) is 0 Å². The SMILES string of the molecule is CCOCCNCCS(=O)(=O)CC1CCCO1. The van der Waals surface area contributed by atoms with Gasteiger partial charge in [-0.25, -0.2) is 8.42 Å². The minimum atomic E-state index is -2.99. The molecule has 1 rings (SSSR count). The molecule has 6 heteroatoms. The largest absolute Gasteiger partial charge is 0.380 e. The van der Waals surface area contributed by atoms with Gasteiger partial charge in [0, 0.05) is 26.3 Å². The molecule has 1 heterocycles. The molecule has 17 heavy (non-hydrogen) atoms. The van der Waals surface area contributed by atoms with Crippen molar-refractivity contribution in [3.63, 3.8) is 0 Å². The van der Waals surface area contributed by atoms with E-state index in [9.17, 15) is 8.42 Å². The van der Waals surface area contributed by atoms with Gasteiger partial charge in [-0.3, -0.25) is 0 Å². The highest BCUT2D eigenvalue weighted by atomic mass is 32.2. The van der Waals surface area contributed by atoms with E-state index < -0.39 is 9.84 Å². The Hall–Kier alpha value is -0.170. The first kappa shape index (κ1) is 14.9. The van der Waals surface area contributed by atoms with Gasteiger partial charge >= 0.3 is 0 Å². The highest BCUT2D eigenvalue weighted by molar-refractivity contribution is 7.91. The van der Waals surface area contributed by atoms with Crippen LogP contribution in [0.5, 0.6) is 0 Å². The summed E-state index contributed by atoms with van der Waals surface area (Å²) in [5, 5.41) is 3.06. The van der Waals surface area contributed by atoms with E-state index in [2.05, 4.69) is 5.32 Å². The fourth-order valence-corrected chi connectivity index (χ4v) is 3.24. The first-order valence-electron chi connectivity index (χ1n) is 6.24. The van der Waals surface area contributed by atoms with Gasteiger partial charge in [0.2, 0.25) is 0 Å². The summed E-state index contributed by atoms with van der Waals surface area (Å²) >= 11 is 0. The van der Waals surface area contributed by atoms with E-state index in [1.807, 2.05) is 6.92 Å². The number of hydrogen-bond donors (Lipinski definition) is 1. The van der Waals surface area contributed by atoms with Crippen LogP contribution < -0.4 is 5.32 Å². The number of hydrogen-bond acceptors (Lipinski definition) is 5. The van der Waals surface area contributed by atoms with Crippen molar-refractivity contribution in [2.45, 2.75) is 25.9 Å². The third-order valence-corrected chi connectivity index (χ3v) is 4.39. The lowest BCUT2D eigenvalue weighted by Crippen LogP contribution is -2.30. The van der Waals surface area contributed by atoms with E-state index in [1.165, 1.54) is 0 Å². The Balaban J connectivity index is 2.07. The van der Waals surface area contributed by atoms with Crippen LogP contribution in [0.25, 0.3) is 0 Å². The molecule has 0 aromatic carbocycles. The lowest BCUT2D eigenvalue weighted by Gasteiger charge is -2.10. The lowest BCUT2D eigenvalue weighted by molar-refractivity contribution is 0.127. The molecule has 1 unspecified atom stereocenters. The molecule has 1 N–H and O–H groups in total. The van der Waals surface area contributed by atoms with Crippen LogP contribution >= 0.6 is 0 Å². The molecule has 0 amide bonds. The van der Waals surface area contributed by atoms with Crippen LogP contribution in [0.3, 0.4) is 0 Å². The molecule has 0 saturated carbocycles. The molecule has 0 aliphatic carbocycles. The molecule has 1 saturated heterocycles. The molecule has 0 aromatic rings. The van der Waals surface area contributed by atoms with Crippen molar-refractivity contribution in [3.8, 4) is 0 Å². The molecular weight excluding hydrogens is 242 g/mol. The Kier molecular flexibility index (Phi) is 7.03. The average Bonchev–Trinajstić information content (AvgIpc) is 2.75. The highest BCUT2D eigenvalue weighted by Gasteiger charge is 2.22. The van der Waals surface area contributed by atoms with E-state index >= 15 is 0 Å². The second kappa shape index (κ2) is 8.02. The standard InChI is InChI=1S/C11H23NO4S/c1-2-15-8-5-12-6-9-17(13,14)10-11-4-3-7-16-11/h11-12H,2-10H2,1H3. The Morgan fingerprint density at radius 2 is 2.24 bits per heavy atom. The maximum atomic E-state index is 11.7. The molecule has 0 aromatic heterocycles. The molecule has 0 radical (unpaired) electrons. The third-order valence-electron chi connectivity index (χ3n) is 2.68. The maximum absolute atomic E-state index is 11.7. The third kappa shape index (κ3) is 6.98. The molecule has 0 spiro atoms. The summed E-state index contributed by atoms with van der Waals surface area (Å²) in [7, 11) is -2.99. The summed E-state index contributed by atoms with van der Waals surface area (Å²) in [6, 6.07) is 0. The van der Waals surface area contributed by atoms with Gasteiger partial charge in [-0.05, 0) is 19.8 Å². The minimum Gasteiger partial charge on any atom is -0.380 e. The van der Waals surface area contributed by atoms with Gasteiger partial charge in [0.15, 0.2) is 9.84 Å². The van der Waals surface area contributed by atoms with Crippen molar-refractivity contribution in [1.82, 2.24) is 5.32 Å². The predicted octanol–water partition coefficient (Wildman–Crippen LogP) is 0.206. The first-order valence-corrected chi connectivity index (χ1v) is 8.06. The van der Waals surface area contributed by atoms with Crippen LogP contribution in [0.15, 0.2) is 0 Å². The molecule has 1 fully saturated rings. The van der Waals surface area contributed by atoms with E-state index in [4.69, 9.17) is 9.47 Å². The zero-order chi connectivity index (χ0) is 12.6. The number of rotatable bonds is 9. The molecular formula is C11H23NO4S. The van der Waals surface area contributed by atoms with E-state index in [-0.39, 0.29) is 17.6 Å². The van der Waals surface area contributed by atoms with Gasteiger partial charge in [0.1, 0.15) is 0 Å². The van der Waals surface area contributed by atoms with Crippen LogP contribution in [-0.2, 0) is 19.3 Å². The van der Waals surface area contributed by atoms with Gasteiger partial charge in [0.05, 0.1) is 24.2 Å². The van der Waals surface area contributed by atoms with Crippen molar-refractivity contribution in [3.05, 3.63) is 0 Å².